The summed E-state index contributed by atoms with van der Waals surface area (Å²) in [5.74, 6) is -0.810. The van der Waals surface area contributed by atoms with Crippen LogP contribution < -0.4 is 5.32 Å². The van der Waals surface area contributed by atoms with Crippen molar-refractivity contribution < 1.29 is 13.6 Å². The molecular formula is C16H15F2NO. The molecule has 104 valence electrons. The minimum atomic E-state index is -0.352. The Balaban J connectivity index is 1.78. The molecule has 0 fully saturated rings. The lowest BCUT2D eigenvalue weighted by Gasteiger charge is -2.06. The van der Waals surface area contributed by atoms with Crippen molar-refractivity contribution in [2.24, 2.45) is 0 Å². The molecule has 0 bridgehead atoms. The lowest BCUT2D eigenvalue weighted by Crippen LogP contribution is -2.27. The Bertz CT molecular complexity index is 599. The van der Waals surface area contributed by atoms with Gasteiger partial charge in [-0.3, -0.25) is 4.79 Å². The zero-order chi connectivity index (χ0) is 14.4. The van der Waals surface area contributed by atoms with E-state index >= 15 is 0 Å². The van der Waals surface area contributed by atoms with Crippen LogP contribution in [0, 0.1) is 11.6 Å². The smallest absolute Gasteiger partial charge is 0.224 e. The molecule has 0 saturated carbocycles. The SMILES string of the molecule is O=C(Cc1cccc(F)c1)NCCc1cccc(F)c1. The fraction of sp³-hybridized carbons (Fsp3) is 0.188. The molecule has 0 aliphatic heterocycles. The summed E-state index contributed by atoms with van der Waals surface area (Å²) >= 11 is 0. The molecule has 0 radical (unpaired) electrons. The maximum Gasteiger partial charge on any atom is 0.224 e. The van der Waals surface area contributed by atoms with E-state index in [-0.39, 0.29) is 24.0 Å². The zero-order valence-electron chi connectivity index (χ0n) is 10.9. The number of halogens is 2. The van der Waals surface area contributed by atoms with E-state index in [1.165, 1.54) is 24.3 Å². The molecule has 2 nitrogen and oxygen atoms in total. The van der Waals surface area contributed by atoms with Gasteiger partial charge in [-0.1, -0.05) is 24.3 Å². The Morgan fingerprint density at radius 1 is 0.950 bits per heavy atom. The van der Waals surface area contributed by atoms with Crippen molar-refractivity contribution in [3.8, 4) is 0 Å². The number of rotatable bonds is 5. The van der Waals surface area contributed by atoms with Crippen LogP contribution in [-0.4, -0.2) is 12.5 Å². The van der Waals surface area contributed by atoms with Gasteiger partial charge in [-0.15, -0.1) is 0 Å². The second-order valence-electron chi connectivity index (χ2n) is 4.54. The number of carbonyl (C=O) groups excluding carboxylic acids is 1. The number of carbonyl (C=O) groups is 1. The third-order valence-corrected chi connectivity index (χ3v) is 2.88. The molecule has 2 aromatic rings. The van der Waals surface area contributed by atoms with Gasteiger partial charge in [0.05, 0.1) is 6.42 Å². The lowest BCUT2D eigenvalue weighted by molar-refractivity contribution is -0.120. The summed E-state index contributed by atoms with van der Waals surface area (Å²) in [5.41, 5.74) is 1.46. The van der Waals surface area contributed by atoms with Crippen molar-refractivity contribution in [2.75, 3.05) is 6.54 Å². The van der Waals surface area contributed by atoms with Crippen LogP contribution in [0.25, 0.3) is 0 Å². The van der Waals surface area contributed by atoms with E-state index in [4.69, 9.17) is 0 Å². The van der Waals surface area contributed by atoms with E-state index in [0.29, 0.717) is 18.5 Å². The maximum absolute atomic E-state index is 13.0. The molecule has 0 saturated heterocycles. The van der Waals surface area contributed by atoms with E-state index in [1.54, 1.807) is 18.2 Å². The molecular weight excluding hydrogens is 260 g/mol. The van der Waals surface area contributed by atoms with Crippen molar-refractivity contribution in [3.63, 3.8) is 0 Å². The summed E-state index contributed by atoms with van der Waals surface area (Å²) < 4.78 is 25.9. The van der Waals surface area contributed by atoms with Gasteiger partial charge in [0.25, 0.3) is 0 Å². The second kappa shape index (κ2) is 6.80. The molecule has 0 aliphatic carbocycles. The molecule has 0 aromatic heterocycles. The van der Waals surface area contributed by atoms with Crippen molar-refractivity contribution in [1.29, 1.82) is 0 Å². The predicted molar refractivity (Wildman–Crippen MR) is 73.2 cm³/mol. The highest BCUT2D eigenvalue weighted by molar-refractivity contribution is 5.78. The minimum Gasteiger partial charge on any atom is -0.355 e. The fourth-order valence-corrected chi connectivity index (χ4v) is 1.93. The Hall–Kier alpha value is -2.23. The van der Waals surface area contributed by atoms with Crippen LogP contribution in [0.3, 0.4) is 0 Å². The van der Waals surface area contributed by atoms with Crippen LogP contribution in [0.5, 0.6) is 0 Å². The highest BCUT2D eigenvalue weighted by Gasteiger charge is 2.04. The highest BCUT2D eigenvalue weighted by Crippen LogP contribution is 2.05. The number of benzene rings is 2. The van der Waals surface area contributed by atoms with Gasteiger partial charge in [-0.2, -0.15) is 0 Å². The largest absolute Gasteiger partial charge is 0.355 e. The summed E-state index contributed by atoms with van der Waals surface area (Å²) in [6, 6.07) is 12.2. The first-order chi connectivity index (χ1) is 9.63. The topological polar surface area (TPSA) is 29.1 Å². The molecule has 0 unspecified atom stereocenters. The number of hydrogen-bond donors (Lipinski definition) is 1. The Morgan fingerprint density at radius 2 is 1.55 bits per heavy atom. The molecule has 2 rings (SSSR count). The van der Waals surface area contributed by atoms with Crippen molar-refractivity contribution >= 4 is 5.91 Å². The summed E-state index contributed by atoms with van der Waals surface area (Å²) in [4.78, 5) is 11.7. The van der Waals surface area contributed by atoms with Gasteiger partial charge >= 0.3 is 0 Å². The third kappa shape index (κ3) is 4.46. The van der Waals surface area contributed by atoms with Crippen LogP contribution in [0.4, 0.5) is 8.78 Å². The first kappa shape index (κ1) is 14.2. The summed E-state index contributed by atoms with van der Waals surface area (Å²) in [6.45, 7) is 0.428. The standard InChI is InChI=1S/C16H15F2NO/c17-14-5-1-3-12(9-14)7-8-19-16(20)11-13-4-2-6-15(18)10-13/h1-6,9-10H,7-8,11H2,(H,19,20). The Morgan fingerprint density at radius 3 is 2.20 bits per heavy atom. The highest BCUT2D eigenvalue weighted by atomic mass is 19.1. The van der Waals surface area contributed by atoms with E-state index in [9.17, 15) is 13.6 Å². The molecule has 0 spiro atoms. The number of nitrogens with one attached hydrogen (secondary N) is 1. The van der Waals surface area contributed by atoms with Gasteiger partial charge in [0.2, 0.25) is 5.91 Å². The van der Waals surface area contributed by atoms with E-state index in [0.717, 1.165) is 5.56 Å². The summed E-state index contributed by atoms with van der Waals surface area (Å²) in [7, 11) is 0. The van der Waals surface area contributed by atoms with Gasteiger partial charge in [0.1, 0.15) is 11.6 Å². The summed E-state index contributed by atoms with van der Waals surface area (Å²) in [5, 5.41) is 2.73. The third-order valence-electron chi connectivity index (χ3n) is 2.88. The second-order valence-corrected chi connectivity index (χ2v) is 4.54. The molecule has 1 N–H and O–H groups in total. The molecule has 20 heavy (non-hydrogen) atoms. The van der Waals surface area contributed by atoms with Gasteiger partial charge in [0.15, 0.2) is 0 Å². The van der Waals surface area contributed by atoms with Crippen LogP contribution in [0.2, 0.25) is 0 Å². The van der Waals surface area contributed by atoms with Crippen molar-refractivity contribution in [2.45, 2.75) is 12.8 Å². The average molecular weight is 275 g/mol. The normalized spacial score (nSPS) is 10.3. The fourth-order valence-electron chi connectivity index (χ4n) is 1.93. The first-order valence-corrected chi connectivity index (χ1v) is 6.39. The minimum absolute atomic E-state index is 0.140. The first-order valence-electron chi connectivity index (χ1n) is 6.39. The van der Waals surface area contributed by atoms with Crippen LogP contribution in [-0.2, 0) is 17.6 Å². The Kier molecular flexibility index (Phi) is 4.82. The zero-order valence-corrected chi connectivity index (χ0v) is 10.9. The van der Waals surface area contributed by atoms with Crippen molar-refractivity contribution in [3.05, 3.63) is 71.3 Å². The van der Waals surface area contributed by atoms with Gasteiger partial charge in [0, 0.05) is 6.54 Å². The van der Waals surface area contributed by atoms with E-state index in [2.05, 4.69) is 5.32 Å². The van der Waals surface area contributed by atoms with Crippen LogP contribution in [0.1, 0.15) is 11.1 Å². The number of amides is 1. The monoisotopic (exact) mass is 275 g/mol. The average Bonchev–Trinajstić information content (AvgIpc) is 2.38. The summed E-state index contributed by atoms with van der Waals surface area (Å²) in [6.07, 6.45) is 0.702. The number of hydrogen-bond acceptors (Lipinski definition) is 1. The van der Waals surface area contributed by atoms with E-state index in [1.807, 2.05) is 6.07 Å². The molecule has 4 heteroatoms. The van der Waals surface area contributed by atoms with Crippen molar-refractivity contribution in [1.82, 2.24) is 5.32 Å². The van der Waals surface area contributed by atoms with Crippen LogP contribution >= 0.6 is 0 Å². The predicted octanol–water partition coefficient (Wildman–Crippen LogP) is 2.87. The maximum atomic E-state index is 13.0. The van der Waals surface area contributed by atoms with Gasteiger partial charge in [-0.25, -0.2) is 8.78 Å². The molecule has 0 heterocycles. The van der Waals surface area contributed by atoms with Crippen LogP contribution in [0.15, 0.2) is 48.5 Å². The molecule has 1 amide bonds. The molecule has 0 atom stereocenters. The lowest BCUT2D eigenvalue weighted by atomic mass is 10.1. The molecule has 0 aliphatic rings. The Labute approximate surface area is 116 Å². The van der Waals surface area contributed by atoms with Gasteiger partial charge in [-0.05, 0) is 41.8 Å². The van der Waals surface area contributed by atoms with Gasteiger partial charge < -0.3 is 5.32 Å². The molecule has 2 aromatic carbocycles. The quantitative estimate of drug-likeness (QED) is 0.893. The van der Waals surface area contributed by atoms with E-state index < -0.39 is 0 Å².